The van der Waals surface area contributed by atoms with Crippen LogP contribution in [0.2, 0.25) is 0 Å². The lowest BCUT2D eigenvalue weighted by Crippen LogP contribution is -2.16. The molecule has 0 spiro atoms. The number of ether oxygens (including phenoxy) is 3. The van der Waals surface area contributed by atoms with E-state index in [1.807, 2.05) is 31.1 Å². The number of methoxy groups -OCH3 is 1. The molecule has 2 aromatic rings. The molecule has 6 nitrogen and oxygen atoms in total. The van der Waals surface area contributed by atoms with Crippen molar-refractivity contribution in [3.05, 3.63) is 45.9 Å². The topological polar surface area (TPSA) is 74.0 Å². The van der Waals surface area contributed by atoms with Crippen LogP contribution in [0.3, 0.4) is 0 Å². The fourth-order valence-corrected chi connectivity index (χ4v) is 3.35. The normalized spacial score (nSPS) is 13.3. The summed E-state index contributed by atoms with van der Waals surface area (Å²) in [6.45, 7) is 0.950. The zero-order chi connectivity index (χ0) is 19.6. The van der Waals surface area contributed by atoms with Crippen LogP contribution in [0.1, 0.15) is 15.9 Å². The molecular formula is C20H21BrN2O4. The van der Waals surface area contributed by atoms with Gasteiger partial charge >= 0.3 is 0 Å². The molecule has 142 valence electrons. The molecule has 0 radical (unpaired) electrons. The predicted octanol–water partition coefficient (Wildman–Crippen LogP) is 3.73. The maximum absolute atomic E-state index is 12.8. The van der Waals surface area contributed by atoms with E-state index < -0.39 is 0 Å². The van der Waals surface area contributed by atoms with Crippen LogP contribution in [-0.4, -0.2) is 40.2 Å². The number of Topliss-reactive ketones (excluding diaryl/α,β-unsaturated/α-hetero) is 1. The van der Waals surface area contributed by atoms with Crippen molar-refractivity contribution in [3.63, 3.8) is 0 Å². The fraction of sp³-hybridized carbons (Fsp3) is 0.250. The Labute approximate surface area is 166 Å². The fourth-order valence-electron chi connectivity index (χ4n) is 2.87. The van der Waals surface area contributed by atoms with E-state index in [-0.39, 0.29) is 5.78 Å². The summed E-state index contributed by atoms with van der Waals surface area (Å²) < 4.78 is 17.1. The van der Waals surface area contributed by atoms with Crippen LogP contribution in [0.5, 0.6) is 17.2 Å². The highest BCUT2D eigenvalue weighted by atomic mass is 79.9. The van der Waals surface area contributed by atoms with Crippen molar-refractivity contribution in [2.75, 3.05) is 45.1 Å². The van der Waals surface area contributed by atoms with Crippen LogP contribution >= 0.6 is 15.9 Å². The van der Waals surface area contributed by atoms with Gasteiger partial charge in [-0.2, -0.15) is 0 Å². The Hall–Kier alpha value is -2.67. The van der Waals surface area contributed by atoms with Gasteiger partial charge in [0.2, 0.25) is 5.75 Å². The van der Waals surface area contributed by atoms with E-state index in [9.17, 15) is 4.79 Å². The van der Waals surface area contributed by atoms with Crippen molar-refractivity contribution >= 4 is 39.2 Å². The molecule has 3 rings (SSSR count). The predicted molar refractivity (Wildman–Crippen MR) is 110 cm³/mol. The second kappa shape index (κ2) is 7.92. The molecule has 0 atom stereocenters. The number of nitrogens with zero attached hydrogens (tertiary/aromatic N) is 1. The van der Waals surface area contributed by atoms with E-state index in [1.165, 1.54) is 0 Å². The number of fused-ring (bicyclic) bond motifs is 1. The standard InChI is InChI=1S/C20H21BrN2O4/c1-23(2)16-6-4-12(11-15(16)22)18(24)14(21)10-13-5-7-17-20(19(13)25-3)27-9-8-26-17/h4-7,10-11H,8-9,22H2,1-3H3/b14-10+. The third kappa shape index (κ3) is 3.88. The Morgan fingerprint density at radius 3 is 2.63 bits per heavy atom. The van der Waals surface area contributed by atoms with Crippen LogP contribution in [0, 0.1) is 0 Å². The van der Waals surface area contributed by atoms with E-state index >= 15 is 0 Å². The van der Waals surface area contributed by atoms with E-state index in [1.54, 1.807) is 31.4 Å². The van der Waals surface area contributed by atoms with E-state index in [0.29, 0.717) is 51.8 Å². The van der Waals surface area contributed by atoms with Gasteiger partial charge in [0, 0.05) is 25.2 Å². The molecule has 1 aliphatic rings. The number of ketones is 1. The molecule has 2 aromatic carbocycles. The Kier molecular flexibility index (Phi) is 5.60. The van der Waals surface area contributed by atoms with E-state index in [0.717, 1.165) is 5.69 Å². The summed E-state index contributed by atoms with van der Waals surface area (Å²) in [7, 11) is 5.36. The molecule has 7 heteroatoms. The first-order chi connectivity index (χ1) is 12.9. The van der Waals surface area contributed by atoms with Crippen LogP contribution in [-0.2, 0) is 0 Å². The quantitative estimate of drug-likeness (QED) is 0.440. The number of anilines is 2. The van der Waals surface area contributed by atoms with Gasteiger partial charge in [-0.05, 0) is 52.3 Å². The molecule has 2 N–H and O–H groups in total. The van der Waals surface area contributed by atoms with Crippen molar-refractivity contribution in [1.29, 1.82) is 0 Å². The summed E-state index contributed by atoms with van der Waals surface area (Å²) in [4.78, 5) is 14.7. The number of benzene rings is 2. The van der Waals surface area contributed by atoms with Gasteiger partial charge in [0.25, 0.3) is 0 Å². The van der Waals surface area contributed by atoms with Crippen molar-refractivity contribution < 1.29 is 19.0 Å². The highest BCUT2D eigenvalue weighted by Crippen LogP contribution is 2.42. The molecule has 1 heterocycles. The summed E-state index contributed by atoms with van der Waals surface area (Å²) >= 11 is 3.38. The maximum atomic E-state index is 12.8. The minimum Gasteiger partial charge on any atom is -0.492 e. The van der Waals surface area contributed by atoms with Gasteiger partial charge in [-0.15, -0.1) is 0 Å². The Morgan fingerprint density at radius 1 is 1.22 bits per heavy atom. The Bertz CT molecular complexity index is 909. The lowest BCUT2D eigenvalue weighted by molar-refractivity contribution is 0.104. The molecule has 0 saturated heterocycles. The number of halogens is 1. The van der Waals surface area contributed by atoms with Crippen molar-refractivity contribution in [1.82, 2.24) is 0 Å². The smallest absolute Gasteiger partial charge is 0.204 e. The van der Waals surface area contributed by atoms with Crippen LogP contribution in [0.15, 0.2) is 34.8 Å². The first kappa shape index (κ1) is 19.1. The summed E-state index contributed by atoms with van der Waals surface area (Å²) in [5.74, 6) is 1.53. The number of allylic oxidation sites excluding steroid dienone is 1. The average molecular weight is 433 g/mol. The van der Waals surface area contributed by atoms with Crippen molar-refractivity contribution in [2.24, 2.45) is 0 Å². The van der Waals surface area contributed by atoms with Gasteiger partial charge < -0.3 is 24.8 Å². The second-order valence-corrected chi connectivity index (χ2v) is 7.06. The van der Waals surface area contributed by atoms with Gasteiger partial charge in [0.05, 0.1) is 23.0 Å². The van der Waals surface area contributed by atoms with E-state index in [2.05, 4.69) is 15.9 Å². The maximum Gasteiger partial charge on any atom is 0.204 e. The van der Waals surface area contributed by atoms with Gasteiger partial charge in [-0.3, -0.25) is 4.79 Å². The lowest BCUT2D eigenvalue weighted by atomic mass is 10.1. The largest absolute Gasteiger partial charge is 0.492 e. The lowest BCUT2D eigenvalue weighted by Gasteiger charge is -2.21. The molecular weight excluding hydrogens is 412 g/mol. The van der Waals surface area contributed by atoms with Gasteiger partial charge in [-0.25, -0.2) is 0 Å². The second-order valence-electron chi connectivity index (χ2n) is 6.20. The number of hydrogen-bond acceptors (Lipinski definition) is 6. The number of carbonyl (C=O) groups excluding carboxylic acids is 1. The molecule has 0 aliphatic carbocycles. The number of carbonyl (C=O) groups is 1. The Morgan fingerprint density at radius 2 is 1.96 bits per heavy atom. The zero-order valence-corrected chi connectivity index (χ0v) is 17.0. The van der Waals surface area contributed by atoms with E-state index in [4.69, 9.17) is 19.9 Å². The monoisotopic (exact) mass is 432 g/mol. The first-order valence-corrected chi connectivity index (χ1v) is 9.17. The third-order valence-corrected chi connectivity index (χ3v) is 4.76. The highest BCUT2D eigenvalue weighted by molar-refractivity contribution is 9.12. The van der Waals surface area contributed by atoms with Gasteiger partial charge in [0.15, 0.2) is 17.3 Å². The molecule has 0 amide bonds. The van der Waals surface area contributed by atoms with Crippen LogP contribution in [0.25, 0.3) is 6.08 Å². The minimum atomic E-state index is -0.177. The SMILES string of the molecule is COc1c(/C=C(/Br)C(=O)c2ccc(N(C)C)c(N)c2)ccc2c1OCCO2. The molecule has 0 bridgehead atoms. The first-order valence-electron chi connectivity index (χ1n) is 8.37. The molecule has 0 aromatic heterocycles. The summed E-state index contributed by atoms with van der Waals surface area (Å²) in [5.41, 5.74) is 8.67. The number of nitrogen functional groups attached to an aromatic ring is 1. The third-order valence-electron chi connectivity index (χ3n) is 4.17. The molecule has 0 saturated carbocycles. The Balaban J connectivity index is 1.93. The summed E-state index contributed by atoms with van der Waals surface area (Å²) in [6, 6.07) is 8.88. The van der Waals surface area contributed by atoms with Crippen molar-refractivity contribution in [2.45, 2.75) is 0 Å². The highest BCUT2D eigenvalue weighted by Gasteiger charge is 2.20. The minimum absolute atomic E-state index is 0.177. The number of nitrogens with two attached hydrogens (primary N) is 1. The van der Waals surface area contributed by atoms with Gasteiger partial charge in [0.1, 0.15) is 13.2 Å². The molecule has 1 aliphatic heterocycles. The molecule has 27 heavy (non-hydrogen) atoms. The van der Waals surface area contributed by atoms with Gasteiger partial charge in [-0.1, -0.05) is 0 Å². The summed E-state index contributed by atoms with van der Waals surface area (Å²) in [6.07, 6.45) is 1.70. The number of rotatable bonds is 5. The molecule has 0 fully saturated rings. The molecule has 0 unspecified atom stereocenters. The van der Waals surface area contributed by atoms with Crippen molar-refractivity contribution in [3.8, 4) is 17.2 Å². The van der Waals surface area contributed by atoms with Crippen LogP contribution in [0.4, 0.5) is 11.4 Å². The average Bonchev–Trinajstić information content (AvgIpc) is 2.66. The zero-order valence-electron chi connectivity index (χ0n) is 15.4. The van der Waals surface area contributed by atoms with Crippen LogP contribution < -0.4 is 24.8 Å². The summed E-state index contributed by atoms with van der Waals surface area (Å²) in [5, 5.41) is 0. The number of hydrogen-bond donors (Lipinski definition) is 1.